The summed E-state index contributed by atoms with van der Waals surface area (Å²) in [7, 11) is 1.28. The van der Waals surface area contributed by atoms with Crippen molar-refractivity contribution >= 4 is 57.8 Å². The third-order valence-corrected chi connectivity index (χ3v) is 6.13. The number of thioether (sulfide) groups is 1. The Morgan fingerprint density at radius 3 is 2.88 bits per heavy atom. The second-order valence-corrected chi connectivity index (χ2v) is 7.84. The lowest BCUT2D eigenvalue weighted by Gasteiger charge is -2.28. The third kappa shape index (κ3) is 4.93. The van der Waals surface area contributed by atoms with Gasteiger partial charge in [0.05, 0.1) is 18.9 Å². The Morgan fingerprint density at radius 1 is 1.52 bits per heavy atom. The van der Waals surface area contributed by atoms with E-state index < -0.39 is 6.09 Å². The molecule has 2 rings (SSSR count). The summed E-state index contributed by atoms with van der Waals surface area (Å²) in [6.07, 6.45) is 2.32. The number of thiocarbonyl (C=S) groups is 1. The molecule has 1 aromatic heterocycles. The maximum atomic E-state index is 11.3. The maximum absolute atomic E-state index is 11.3. The van der Waals surface area contributed by atoms with Crippen molar-refractivity contribution in [2.45, 2.75) is 26.3 Å². The van der Waals surface area contributed by atoms with Crippen LogP contribution >= 0.6 is 35.3 Å². The first-order chi connectivity index (χ1) is 12.0. The summed E-state index contributed by atoms with van der Waals surface area (Å²) in [5.41, 5.74) is 2.53. The van der Waals surface area contributed by atoms with Crippen molar-refractivity contribution in [1.82, 2.24) is 10.6 Å². The van der Waals surface area contributed by atoms with Gasteiger partial charge in [0.25, 0.3) is 0 Å². The van der Waals surface area contributed by atoms with Crippen LogP contribution in [0.3, 0.4) is 0 Å². The normalized spacial score (nSPS) is 17.2. The number of ether oxygens (including phenoxy) is 1. The molecule has 0 radical (unpaired) electrons. The van der Waals surface area contributed by atoms with E-state index in [9.17, 15) is 4.79 Å². The molecule has 134 valence electrons. The molecule has 25 heavy (non-hydrogen) atoms. The molecule has 1 amide bonds. The van der Waals surface area contributed by atoms with Crippen molar-refractivity contribution < 1.29 is 9.53 Å². The largest absolute Gasteiger partial charge is 0.453 e. The summed E-state index contributed by atoms with van der Waals surface area (Å²) in [6.45, 7) is 4.15. The highest BCUT2D eigenvalue weighted by molar-refractivity contribution is 8.03. The van der Waals surface area contributed by atoms with Crippen LogP contribution in [0.2, 0.25) is 0 Å². The van der Waals surface area contributed by atoms with Crippen molar-refractivity contribution in [3.05, 3.63) is 38.9 Å². The molecule has 0 aliphatic heterocycles. The van der Waals surface area contributed by atoms with E-state index in [0.29, 0.717) is 5.71 Å². The molecule has 1 aliphatic carbocycles. The minimum atomic E-state index is -0.628. The molecule has 1 aliphatic rings. The molecule has 0 saturated carbocycles. The molecule has 5 nitrogen and oxygen atoms in total. The lowest BCUT2D eigenvalue weighted by molar-refractivity contribution is 0.176. The fraction of sp³-hybridized carbons (Fsp3) is 0.353. The Bertz CT molecular complexity index is 724. The fourth-order valence-corrected chi connectivity index (χ4v) is 4.48. The zero-order chi connectivity index (χ0) is 18.4. The number of allylic oxidation sites excluding steroid dienone is 1. The summed E-state index contributed by atoms with van der Waals surface area (Å²) < 4.78 is 4.55. The van der Waals surface area contributed by atoms with E-state index in [2.05, 4.69) is 28.4 Å². The molecular formula is C17H21N3O2S3. The number of thiophene rings is 1. The Balaban J connectivity index is 2.28. The van der Waals surface area contributed by atoms with Gasteiger partial charge in [0.15, 0.2) is 5.11 Å². The number of rotatable bonds is 5. The number of methoxy groups -OCH3 is 1. The van der Waals surface area contributed by atoms with Gasteiger partial charge in [0.2, 0.25) is 0 Å². The van der Waals surface area contributed by atoms with Gasteiger partial charge in [-0.25, -0.2) is 4.79 Å². The van der Waals surface area contributed by atoms with Gasteiger partial charge in [-0.05, 0) is 54.4 Å². The molecule has 0 fully saturated rings. The van der Waals surface area contributed by atoms with Gasteiger partial charge in [0.1, 0.15) is 0 Å². The molecular weight excluding hydrogens is 374 g/mol. The first kappa shape index (κ1) is 19.7. The molecule has 0 spiro atoms. The van der Waals surface area contributed by atoms with Crippen LogP contribution in [0.15, 0.2) is 34.1 Å². The average Bonchev–Trinajstić information content (AvgIpc) is 3.11. The van der Waals surface area contributed by atoms with Gasteiger partial charge >= 0.3 is 6.09 Å². The Kier molecular flexibility index (Phi) is 7.22. The van der Waals surface area contributed by atoms with E-state index in [1.54, 1.807) is 23.1 Å². The molecule has 0 aromatic carbocycles. The Morgan fingerprint density at radius 2 is 2.28 bits per heavy atom. The predicted molar refractivity (Wildman–Crippen MR) is 111 cm³/mol. The number of hydrogen-bond acceptors (Lipinski definition) is 6. The maximum Gasteiger partial charge on any atom is 0.413 e. The molecule has 1 aromatic rings. The fourth-order valence-electron chi connectivity index (χ4n) is 2.39. The van der Waals surface area contributed by atoms with Crippen molar-refractivity contribution in [1.29, 1.82) is 5.41 Å². The lowest BCUT2D eigenvalue weighted by Crippen LogP contribution is -2.48. The SMILES string of the molecule is CCCSC1=C(C)C(NC(=S)NC(=O)OC)C(=N)C=C1c1cccs1. The number of alkyl carbamates (subject to hydrolysis) is 1. The average molecular weight is 396 g/mol. The predicted octanol–water partition coefficient (Wildman–Crippen LogP) is 4.18. The van der Waals surface area contributed by atoms with Gasteiger partial charge in [-0.15, -0.1) is 23.1 Å². The van der Waals surface area contributed by atoms with E-state index in [1.165, 1.54) is 12.0 Å². The molecule has 1 atom stereocenters. The van der Waals surface area contributed by atoms with Crippen LogP contribution in [0.4, 0.5) is 4.79 Å². The quantitative estimate of drug-likeness (QED) is 0.652. The Hall–Kier alpha value is -1.64. The molecule has 3 N–H and O–H groups in total. The van der Waals surface area contributed by atoms with Crippen LogP contribution in [-0.4, -0.2) is 35.8 Å². The number of carbonyl (C=O) groups excluding carboxylic acids is 1. The zero-order valence-electron chi connectivity index (χ0n) is 14.3. The van der Waals surface area contributed by atoms with Crippen molar-refractivity contribution in [3.8, 4) is 0 Å². The first-order valence-corrected chi connectivity index (χ1v) is 10.1. The second-order valence-electron chi connectivity index (χ2n) is 5.37. The zero-order valence-corrected chi connectivity index (χ0v) is 16.8. The van der Waals surface area contributed by atoms with Gasteiger partial charge in [-0.2, -0.15) is 0 Å². The standard InChI is InChI=1S/C17H21N3O2S3/c1-4-7-25-15-10(2)14(19-16(23)20-17(21)22-3)12(18)9-11(15)13-6-5-8-24-13/h5-6,8-9,14,18H,4,7H2,1-3H3,(H2,19,20,21,23). The second kappa shape index (κ2) is 9.17. The highest BCUT2D eigenvalue weighted by Crippen LogP contribution is 2.40. The van der Waals surface area contributed by atoms with Crippen LogP contribution < -0.4 is 10.6 Å². The van der Waals surface area contributed by atoms with E-state index in [1.807, 2.05) is 24.4 Å². The van der Waals surface area contributed by atoms with Crippen molar-refractivity contribution in [2.75, 3.05) is 12.9 Å². The molecule has 1 heterocycles. The first-order valence-electron chi connectivity index (χ1n) is 7.81. The van der Waals surface area contributed by atoms with E-state index in [4.69, 9.17) is 17.6 Å². The topological polar surface area (TPSA) is 74.2 Å². The van der Waals surface area contributed by atoms with Gasteiger partial charge in [-0.3, -0.25) is 5.32 Å². The summed E-state index contributed by atoms with van der Waals surface area (Å²) >= 11 is 8.60. The summed E-state index contributed by atoms with van der Waals surface area (Å²) in [5.74, 6) is 1.00. The molecule has 0 saturated heterocycles. The van der Waals surface area contributed by atoms with Crippen LogP contribution in [0.1, 0.15) is 25.1 Å². The summed E-state index contributed by atoms with van der Waals surface area (Å²) in [5, 5.41) is 16.1. The van der Waals surface area contributed by atoms with E-state index in [-0.39, 0.29) is 11.2 Å². The van der Waals surface area contributed by atoms with Crippen LogP contribution in [0.5, 0.6) is 0 Å². The molecule has 8 heteroatoms. The lowest BCUT2D eigenvalue weighted by atomic mass is 9.93. The van der Waals surface area contributed by atoms with Crippen LogP contribution in [-0.2, 0) is 4.74 Å². The highest BCUT2D eigenvalue weighted by Gasteiger charge is 2.27. The highest BCUT2D eigenvalue weighted by atomic mass is 32.2. The summed E-state index contributed by atoms with van der Waals surface area (Å²) in [4.78, 5) is 13.6. The van der Waals surface area contributed by atoms with E-state index >= 15 is 0 Å². The van der Waals surface area contributed by atoms with Crippen LogP contribution in [0, 0.1) is 5.41 Å². The number of carbonyl (C=O) groups is 1. The number of nitrogens with one attached hydrogen (secondary N) is 3. The smallest absolute Gasteiger partial charge is 0.413 e. The monoisotopic (exact) mass is 395 g/mol. The van der Waals surface area contributed by atoms with Crippen molar-refractivity contribution in [2.24, 2.45) is 0 Å². The number of hydrogen-bond donors (Lipinski definition) is 3. The van der Waals surface area contributed by atoms with Crippen LogP contribution in [0.25, 0.3) is 5.57 Å². The van der Waals surface area contributed by atoms with Crippen molar-refractivity contribution in [3.63, 3.8) is 0 Å². The summed E-state index contributed by atoms with van der Waals surface area (Å²) in [6, 6.07) is 3.72. The minimum absolute atomic E-state index is 0.147. The number of amides is 1. The van der Waals surface area contributed by atoms with E-state index in [0.717, 1.165) is 28.2 Å². The third-order valence-electron chi connectivity index (χ3n) is 3.56. The molecule has 0 bridgehead atoms. The Labute approximate surface area is 161 Å². The van der Waals surface area contributed by atoms with Gasteiger partial charge in [-0.1, -0.05) is 13.0 Å². The minimum Gasteiger partial charge on any atom is -0.453 e. The molecule has 1 unspecified atom stereocenters. The van der Waals surface area contributed by atoms with Gasteiger partial charge < -0.3 is 15.5 Å². The van der Waals surface area contributed by atoms with Gasteiger partial charge in [0, 0.05) is 15.4 Å².